The van der Waals surface area contributed by atoms with E-state index in [4.69, 9.17) is 15.0 Å². The zero-order valence-corrected chi connectivity index (χ0v) is 35.1. The summed E-state index contributed by atoms with van der Waals surface area (Å²) in [6.07, 6.45) is 0. The molecular formula is C61H36N4. The lowest BCUT2D eigenvalue weighted by Gasteiger charge is -2.17. The van der Waals surface area contributed by atoms with Crippen molar-refractivity contribution in [3.05, 3.63) is 218 Å². The van der Waals surface area contributed by atoms with Crippen molar-refractivity contribution in [2.75, 3.05) is 0 Å². The molecule has 4 heteroatoms. The first-order valence-electron chi connectivity index (χ1n) is 22.2. The largest absolute Gasteiger partial charge is 0.278 e. The van der Waals surface area contributed by atoms with Crippen molar-refractivity contribution in [2.24, 2.45) is 0 Å². The number of hydrogen-bond acceptors (Lipinski definition) is 3. The van der Waals surface area contributed by atoms with Crippen molar-refractivity contribution in [1.82, 2.24) is 19.5 Å². The second-order valence-electron chi connectivity index (χ2n) is 17.1. The maximum Gasteiger partial charge on any atom is 0.238 e. The first kappa shape index (κ1) is 35.8. The van der Waals surface area contributed by atoms with Crippen LogP contribution < -0.4 is 0 Å². The van der Waals surface area contributed by atoms with Crippen LogP contribution in [0.2, 0.25) is 0 Å². The van der Waals surface area contributed by atoms with Gasteiger partial charge in [-0.05, 0) is 111 Å². The minimum Gasteiger partial charge on any atom is -0.278 e. The van der Waals surface area contributed by atoms with Crippen LogP contribution in [0.25, 0.3) is 137 Å². The molecule has 2 aromatic heterocycles. The highest BCUT2D eigenvalue weighted by atomic mass is 15.2. The third kappa shape index (κ3) is 5.41. The van der Waals surface area contributed by atoms with E-state index in [0.717, 1.165) is 49.6 Å². The molecule has 65 heavy (non-hydrogen) atoms. The van der Waals surface area contributed by atoms with Gasteiger partial charge in [0.1, 0.15) is 0 Å². The van der Waals surface area contributed by atoms with E-state index in [0.29, 0.717) is 17.6 Å². The molecule has 2 heterocycles. The Balaban J connectivity index is 0.949. The molecule has 4 nitrogen and oxygen atoms in total. The highest BCUT2D eigenvalue weighted by Crippen LogP contribution is 2.45. The molecule has 0 aliphatic rings. The quantitative estimate of drug-likeness (QED) is 0.162. The Morgan fingerprint density at radius 2 is 0.738 bits per heavy atom. The molecule has 0 aliphatic carbocycles. The molecule has 0 spiro atoms. The number of aromatic nitrogens is 4. The number of rotatable bonds is 5. The van der Waals surface area contributed by atoms with E-state index in [1.807, 2.05) is 18.2 Å². The molecule has 12 aromatic carbocycles. The second kappa shape index (κ2) is 13.9. The van der Waals surface area contributed by atoms with Crippen molar-refractivity contribution in [1.29, 1.82) is 0 Å². The Bertz CT molecular complexity index is 4170. The molecule has 0 atom stereocenters. The summed E-state index contributed by atoms with van der Waals surface area (Å²) < 4.78 is 2.17. The van der Waals surface area contributed by atoms with Crippen molar-refractivity contribution >= 4 is 86.4 Å². The molecule has 0 saturated carbocycles. The van der Waals surface area contributed by atoms with Gasteiger partial charge in [-0.3, -0.25) is 4.57 Å². The lowest BCUT2D eigenvalue weighted by molar-refractivity contribution is 0.953. The summed E-state index contributed by atoms with van der Waals surface area (Å²) in [6.45, 7) is 0. The molecule has 0 bridgehead atoms. The maximum absolute atomic E-state index is 5.30. The Morgan fingerprint density at radius 3 is 1.37 bits per heavy atom. The van der Waals surface area contributed by atoms with E-state index in [2.05, 4.69) is 205 Å². The van der Waals surface area contributed by atoms with Crippen LogP contribution in [0.1, 0.15) is 0 Å². The predicted molar refractivity (Wildman–Crippen MR) is 272 cm³/mol. The van der Waals surface area contributed by atoms with Gasteiger partial charge < -0.3 is 0 Å². The van der Waals surface area contributed by atoms with Gasteiger partial charge in [-0.2, -0.15) is 9.97 Å². The van der Waals surface area contributed by atoms with Gasteiger partial charge in [-0.15, -0.1) is 0 Å². The van der Waals surface area contributed by atoms with Crippen molar-refractivity contribution in [3.63, 3.8) is 0 Å². The summed E-state index contributed by atoms with van der Waals surface area (Å²) in [5.41, 5.74) is 8.45. The van der Waals surface area contributed by atoms with Crippen LogP contribution in [0.5, 0.6) is 0 Å². The van der Waals surface area contributed by atoms with Gasteiger partial charge in [0.05, 0.1) is 11.0 Å². The average Bonchev–Trinajstić information content (AvgIpc) is 3.72. The predicted octanol–water partition coefficient (Wildman–Crippen LogP) is 16.0. The summed E-state index contributed by atoms with van der Waals surface area (Å²) in [6, 6.07) is 78.9. The van der Waals surface area contributed by atoms with Crippen LogP contribution in [-0.4, -0.2) is 19.5 Å². The zero-order chi connectivity index (χ0) is 42.6. The van der Waals surface area contributed by atoms with E-state index in [9.17, 15) is 0 Å². The molecule has 14 rings (SSSR count). The van der Waals surface area contributed by atoms with Gasteiger partial charge >= 0.3 is 0 Å². The van der Waals surface area contributed by atoms with E-state index in [1.165, 1.54) is 70.2 Å². The fraction of sp³-hybridized carbons (Fsp3) is 0. The smallest absolute Gasteiger partial charge is 0.238 e. The van der Waals surface area contributed by atoms with Crippen LogP contribution >= 0.6 is 0 Å². The first-order chi connectivity index (χ1) is 32.2. The summed E-state index contributed by atoms with van der Waals surface area (Å²) in [5.74, 6) is 1.83. The summed E-state index contributed by atoms with van der Waals surface area (Å²) >= 11 is 0. The van der Waals surface area contributed by atoms with Gasteiger partial charge in [0, 0.05) is 21.9 Å². The fourth-order valence-corrected chi connectivity index (χ4v) is 10.7. The zero-order valence-electron chi connectivity index (χ0n) is 35.1. The van der Waals surface area contributed by atoms with Crippen LogP contribution in [0, 0.1) is 0 Å². The highest BCUT2D eigenvalue weighted by molar-refractivity contribution is 6.37. The second-order valence-corrected chi connectivity index (χ2v) is 17.1. The SMILES string of the molecule is c1ccc(-c2nc(-c3ccccc3-c3ccc(-c4cc5ccc6cccc7c8cccc9ccc%10cccc(c(c4)c5c67)c%10c98)cc3)nc(-n3c4ccccc4c4ccccc43)n2)cc1. The van der Waals surface area contributed by atoms with E-state index < -0.39 is 0 Å². The van der Waals surface area contributed by atoms with Gasteiger partial charge in [0.15, 0.2) is 11.6 Å². The standard InChI is InChI=1S/C61H36N4/c1-2-13-42(14-3-1)59-62-60(64-61(63-59)65-53-25-8-6-19-46(53)47-20-7-9-26-54(47)65)51-21-5-4-18-45(51)38-29-27-37(28-30-38)44-35-43-34-33-41-16-11-23-49-48-22-10-15-39-31-32-40-17-12-24-50(57(40)55(39)48)52(36-44)58(43)56(41)49/h1-36H. The van der Waals surface area contributed by atoms with Gasteiger partial charge in [0.2, 0.25) is 5.95 Å². The van der Waals surface area contributed by atoms with Crippen molar-refractivity contribution in [2.45, 2.75) is 0 Å². The minimum absolute atomic E-state index is 0.582. The maximum atomic E-state index is 5.30. The van der Waals surface area contributed by atoms with Crippen molar-refractivity contribution in [3.8, 4) is 51.0 Å². The fourth-order valence-electron chi connectivity index (χ4n) is 10.7. The third-order valence-corrected chi connectivity index (χ3v) is 13.6. The number of fused-ring (bicyclic) bond motifs is 5. The number of para-hydroxylation sites is 2. The van der Waals surface area contributed by atoms with Crippen LogP contribution in [0.3, 0.4) is 0 Å². The Hall–Kier alpha value is -8.73. The Labute approximate surface area is 373 Å². The van der Waals surface area contributed by atoms with Gasteiger partial charge in [-0.1, -0.05) is 194 Å². The molecule has 300 valence electrons. The van der Waals surface area contributed by atoms with Gasteiger partial charge in [0.25, 0.3) is 0 Å². The molecule has 0 amide bonds. The average molecular weight is 825 g/mol. The molecule has 0 aliphatic heterocycles. The van der Waals surface area contributed by atoms with Crippen molar-refractivity contribution < 1.29 is 0 Å². The molecule has 0 fully saturated rings. The number of hydrogen-bond donors (Lipinski definition) is 0. The first-order valence-corrected chi connectivity index (χ1v) is 22.2. The number of benzene rings is 11. The normalized spacial score (nSPS) is 12.0. The van der Waals surface area contributed by atoms with Crippen LogP contribution in [0.15, 0.2) is 218 Å². The molecule has 0 saturated heterocycles. The summed E-state index contributed by atoms with van der Waals surface area (Å²) in [7, 11) is 0. The Kier molecular flexibility index (Phi) is 7.65. The monoisotopic (exact) mass is 824 g/mol. The Morgan fingerprint density at radius 1 is 0.262 bits per heavy atom. The lowest BCUT2D eigenvalue weighted by atomic mass is 9.86. The molecule has 14 aromatic rings. The van der Waals surface area contributed by atoms with E-state index in [-0.39, 0.29) is 0 Å². The number of nitrogens with zero attached hydrogens (tertiary/aromatic N) is 4. The third-order valence-electron chi connectivity index (χ3n) is 13.6. The molecule has 0 radical (unpaired) electrons. The molecular weight excluding hydrogens is 789 g/mol. The summed E-state index contributed by atoms with van der Waals surface area (Å²) in [4.78, 5) is 15.7. The summed E-state index contributed by atoms with van der Waals surface area (Å²) in [5, 5.41) is 17.7. The topological polar surface area (TPSA) is 43.6 Å². The molecule has 0 N–H and O–H groups in total. The lowest BCUT2D eigenvalue weighted by Crippen LogP contribution is -2.06. The highest BCUT2D eigenvalue weighted by Gasteiger charge is 2.20. The van der Waals surface area contributed by atoms with E-state index >= 15 is 0 Å². The minimum atomic E-state index is 0.582. The van der Waals surface area contributed by atoms with E-state index in [1.54, 1.807) is 0 Å². The van der Waals surface area contributed by atoms with Crippen LogP contribution in [-0.2, 0) is 0 Å². The van der Waals surface area contributed by atoms with Gasteiger partial charge in [-0.25, -0.2) is 4.98 Å². The molecule has 0 unspecified atom stereocenters. The van der Waals surface area contributed by atoms with Crippen LogP contribution in [0.4, 0.5) is 0 Å².